The Bertz CT molecular complexity index is 363. The van der Waals surface area contributed by atoms with Gasteiger partial charge in [-0.05, 0) is 25.1 Å². The summed E-state index contributed by atoms with van der Waals surface area (Å²) in [7, 11) is 2.18. The highest BCUT2D eigenvalue weighted by Gasteiger charge is 2.28. The zero-order valence-corrected chi connectivity index (χ0v) is 11.5. The molecule has 0 aliphatic carbocycles. The van der Waals surface area contributed by atoms with E-state index in [4.69, 9.17) is 11.6 Å². The predicted octanol–water partition coefficient (Wildman–Crippen LogP) is 2.51. The molecule has 0 spiro atoms. The number of piperazine rings is 1. The summed E-state index contributed by atoms with van der Waals surface area (Å²) in [6.07, 6.45) is 1.73. The Labute approximate surface area is 108 Å². The van der Waals surface area contributed by atoms with Crippen LogP contribution in [0.5, 0.6) is 0 Å². The van der Waals surface area contributed by atoms with Crippen LogP contribution in [-0.4, -0.2) is 42.6 Å². The summed E-state index contributed by atoms with van der Waals surface area (Å²) in [6, 6.07) is 4.46. The maximum absolute atomic E-state index is 5.88. The average molecular weight is 254 g/mol. The molecule has 2 rings (SSSR count). The van der Waals surface area contributed by atoms with Crippen LogP contribution in [0.4, 0.5) is 5.82 Å². The van der Waals surface area contributed by atoms with Crippen molar-refractivity contribution in [2.45, 2.75) is 19.9 Å². The summed E-state index contributed by atoms with van der Waals surface area (Å²) in [5.74, 6) is 1.66. The lowest BCUT2D eigenvalue weighted by atomic mass is 10.00. The molecule has 0 radical (unpaired) electrons. The number of rotatable bonds is 2. The van der Waals surface area contributed by atoms with Crippen molar-refractivity contribution < 1.29 is 0 Å². The van der Waals surface area contributed by atoms with Gasteiger partial charge in [-0.25, -0.2) is 4.98 Å². The standard InChI is InChI=1S/C13H20ClN3/c1-10(2)12-9-16(3)6-7-17(12)13-5-4-11(14)8-15-13/h4-5,8,10,12H,6-7,9H2,1-3H3/t12-/m1/s1. The van der Waals surface area contributed by atoms with E-state index in [0.717, 1.165) is 25.5 Å². The number of halogens is 1. The van der Waals surface area contributed by atoms with Gasteiger partial charge in [0.05, 0.1) is 5.02 Å². The van der Waals surface area contributed by atoms with E-state index in [0.29, 0.717) is 17.0 Å². The Morgan fingerprint density at radius 1 is 1.35 bits per heavy atom. The van der Waals surface area contributed by atoms with Gasteiger partial charge in [-0.3, -0.25) is 0 Å². The first-order valence-corrected chi connectivity index (χ1v) is 6.52. The third-order valence-electron chi connectivity index (χ3n) is 3.40. The molecule has 0 unspecified atom stereocenters. The lowest BCUT2D eigenvalue weighted by Gasteiger charge is -2.42. The normalized spacial score (nSPS) is 22.2. The van der Waals surface area contributed by atoms with Crippen LogP contribution >= 0.6 is 11.6 Å². The maximum atomic E-state index is 5.88. The SMILES string of the molecule is CC(C)[C@H]1CN(C)CCN1c1ccc(Cl)cn1. The minimum atomic E-state index is 0.530. The molecule has 1 aromatic heterocycles. The van der Waals surface area contributed by atoms with Gasteiger partial charge in [0.2, 0.25) is 0 Å². The van der Waals surface area contributed by atoms with Crippen LogP contribution in [0, 0.1) is 5.92 Å². The van der Waals surface area contributed by atoms with Crippen LogP contribution in [0.3, 0.4) is 0 Å². The van der Waals surface area contributed by atoms with Crippen molar-refractivity contribution >= 4 is 17.4 Å². The Morgan fingerprint density at radius 3 is 2.71 bits per heavy atom. The molecule has 1 saturated heterocycles. The largest absolute Gasteiger partial charge is 0.351 e. The molecule has 0 saturated carbocycles. The number of hydrogen-bond donors (Lipinski definition) is 0. The molecule has 2 heterocycles. The Hall–Kier alpha value is -0.800. The topological polar surface area (TPSA) is 19.4 Å². The van der Waals surface area contributed by atoms with Crippen molar-refractivity contribution in [3.05, 3.63) is 23.4 Å². The maximum Gasteiger partial charge on any atom is 0.128 e. The molecule has 0 bridgehead atoms. The third kappa shape index (κ3) is 2.90. The summed E-state index contributed by atoms with van der Waals surface area (Å²) in [5, 5.41) is 0.698. The highest BCUT2D eigenvalue weighted by Crippen LogP contribution is 2.23. The fraction of sp³-hybridized carbons (Fsp3) is 0.615. The van der Waals surface area contributed by atoms with Crippen molar-refractivity contribution in [2.75, 3.05) is 31.6 Å². The molecule has 1 fully saturated rings. The van der Waals surface area contributed by atoms with Crippen LogP contribution in [0.2, 0.25) is 5.02 Å². The van der Waals surface area contributed by atoms with E-state index in [1.165, 1.54) is 0 Å². The second-order valence-electron chi connectivity index (χ2n) is 5.10. The second kappa shape index (κ2) is 5.23. The zero-order chi connectivity index (χ0) is 12.4. The Morgan fingerprint density at radius 2 is 2.12 bits per heavy atom. The highest BCUT2D eigenvalue weighted by molar-refractivity contribution is 6.30. The summed E-state index contributed by atoms with van der Waals surface area (Å²) in [5.41, 5.74) is 0. The predicted molar refractivity (Wildman–Crippen MR) is 72.7 cm³/mol. The second-order valence-corrected chi connectivity index (χ2v) is 5.54. The lowest BCUT2D eigenvalue weighted by molar-refractivity contribution is 0.236. The molecule has 1 aliphatic rings. The number of aromatic nitrogens is 1. The summed E-state index contributed by atoms with van der Waals surface area (Å²) in [6.45, 7) is 7.77. The molecule has 94 valence electrons. The molecule has 17 heavy (non-hydrogen) atoms. The van der Waals surface area contributed by atoms with Gasteiger partial charge < -0.3 is 9.80 Å². The Kier molecular flexibility index (Phi) is 3.89. The smallest absolute Gasteiger partial charge is 0.128 e. The van der Waals surface area contributed by atoms with Crippen molar-refractivity contribution in [3.8, 4) is 0 Å². The van der Waals surface area contributed by atoms with Gasteiger partial charge >= 0.3 is 0 Å². The molecule has 0 N–H and O–H groups in total. The fourth-order valence-corrected chi connectivity index (χ4v) is 2.46. The number of nitrogens with zero attached hydrogens (tertiary/aromatic N) is 3. The average Bonchev–Trinajstić information content (AvgIpc) is 2.30. The van der Waals surface area contributed by atoms with E-state index >= 15 is 0 Å². The first-order valence-electron chi connectivity index (χ1n) is 6.14. The number of pyridine rings is 1. The minimum absolute atomic E-state index is 0.530. The van der Waals surface area contributed by atoms with Crippen LogP contribution in [0.1, 0.15) is 13.8 Å². The summed E-state index contributed by atoms with van der Waals surface area (Å²) in [4.78, 5) is 9.22. The van der Waals surface area contributed by atoms with Crippen LogP contribution < -0.4 is 4.90 Å². The van der Waals surface area contributed by atoms with E-state index in [-0.39, 0.29) is 0 Å². The van der Waals surface area contributed by atoms with Crippen LogP contribution in [0.25, 0.3) is 0 Å². The number of likely N-dealkylation sites (N-methyl/N-ethyl adjacent to an activating group) is 1. The molecule has 0 aromatic carbocycles. The van der Waals surface area contributed by atoms with Crippen molar-refractivity contribution in [1.29, 1.82) is 0 Å². The zero-order valence-electron chi connectivity index (χ0n) is 10.7. The van der Waals surface area contributed by atoms with Crippen LogP contribution in [0.15, 0.2) is 18.3 Å². The van der Waals surface area contributed by atoms with Gasteiger partial charge in [0.25, 0.3) is 0 Å². The van der Waals surface area contributed by atoms with Crippen molar-refractivity contribution in [2.24, 2.45) is 5.92 Å². The molecule has 1 aliphatic heterocycles. The molecule has 1 atom stereocenters. The first kappa shape index (κ1) is 12.7. The number of anilines is 1. The van der Waals surface area contributed by atoms with Gasteiger partial charge in [0.15, 0.2) is 0 Å². The lowest BCUT2D eigenvalue weighted by Crippen LogP contribution is -2.54. The molecular weight excluding hydrogens is 234 g/mol. The van der Waals surface area contributed by atoms with Crippen LogP contribution in [-0.2, 0) is 0 Å². The van der Waals surface area contributed by atoms with E-state index in [1.54, 1.807) is 6.20 Å². The molecular formula is C13H20ClN3. The fourth-order valence-electron chi connectivity index (χ4n) is 2.35. The van der Waals surface area contributed by atoms with E-state index in [2.05, 4.69) is 35.7 Å². The van der Waals surface area contributed by atoms with Gasteiger partial charge in [-0.2, -0.15) is 0 Å². The molecule has 0 amide bonds. The minimum Gasteiger partial charge on any atom is -0.351 e. The van der Waals surface area contributed by atoms with Gasteiger partial charge in [-0.1, -0.05) is 25.4 Å². The summed E-state index contributed by atoms with van der Waals surface area (Å²) >= 11 is 5.88. The van der Waals surface area contributed by atoms with Gasteiger partial charge in [0.1, 0.15) is 5.82 Å². The third-order valence-corrected chi connectivity index (χ3v) is 3.62. The Balaban J connectivity index is 2.20. The quantitative estimate of drug-likeness (QED) is 0.808. The number of hydrogen-bond acceptors (Lipinski definition) is 3. The monoisotopic (exact) mass is 253 g/mol. The molecule has 1 aromatic rings. The summed E-state index contributed by atoms with van der Waals surface area (Å²) < 4.78 is 0. The van der Waals surface area contributed by atoms with Gasteiger partial charge in [0, 0.05) is 31.9 Å². The van der Waals surface area contributed by atoms with Crippen molar-refractivity contribution in [1.82, 2.24) is 9.88 Å². The molecule has 3 nitrogen and oxygen atoms in total. The first-order chi connectivity index (χ1) is 8.08. The van der Waals surface area contributed by atoms with Gasteiger partial charge in [-0.15, -0.1) is 0 Å². The molecule has 4 heteroatoms. The van der Waals surface area contributed by atoms with Crippen molar-refractivity contribution in [3.63, 3.8) is 0 Å². The van der Waals surface area contributed by atoms with E-state index in [1.807, 2.05) is 12.1 Å². The van der Waals surface area contributed by atoms with E-state index in [9.17, 15) is 0 Å². The highest BCUT2D eigenvalue weighted by atomic mass is 35.5. The van der Waals surface area contributed by atoms with E-state index < -0.39 is 0 Å².